The topological polar surface area (TPSA) is 29.9 Å². The molecule has 108 valence electrons. The molecule has 1 aromatic carbocycles. The normalized spacial score (nSPS) is 12.7. The first-order valence-corrected chi connectivity index (χ1v) is 6.59. The zero-order chi connectivity index (χ0) is 14.9. The minimum atomic E-state index is -0.827. The zero-order valence-electron chi connectivity index (χ0n) is 12.2. The van der Waals surface area contributed by atoms with E-state index in [1.165, 1.54) is 6.07 Å². The summed E-state index contributed by atoms with van der Waals surface area (Å²) in [5.41, 5.74) is 3.83. The van der Waals surface area contributed by atoms with Gasteiger partial charge in [-0.25, -0.2) is 8.78 Å². The summed E-state index contributed by atoms with van der Waals surface area (Å²) in [7, 11) is 1.90. The van der Waals surface area contributed by atoms with Crippen molar-refractivity contribution in [3.63, 3.8) is 0 Å². The van der Waals surface area contributed by atoms with Crippen LogP contribution in [0.4, 0.5) is 8.78 Å². The van der Waals surface area contributed by atoms with Gasteiger partial charge in [-0.1, -0.05) is 6.07 Å². The van der Waals surface area contributed by atoms with Crippen molar-refractivity contribution < 1.29 is 8.78 Å². The number of hydrogen-bond donors (Lipinski definition) is 1. The second kappa shape index (κ2) is 5.71. The number of halogens is 2. The van der Waals surface area contributed by atoms with Gasteiger partial charge in [0.1, 0.15) is 0 Å². The second-order valence-electron chi connectivity index (χ2n) is 5.00. The molecule has 1 atom stereocenters. The molecule has 0 aliphatic rings. The van der Waals surface area contributed by atoms with E-state index in [0.717, 1.165) is 23.0 Å². The lowest BCUT2D eigenvalue weighted by Crippen LogP contribution is -2.14. The van der Waals surface area contributed by atoms with Gasteiger partial charge in [0.2, 0.25) is 0 Å². The fourth-order valence-corrected chi connectivity index (χ4v) is 2.45. The van der Waals surface area contributed by atoms with Crippen LogP contribution >= 0.6 is 0 Å². The lowest BCUT2D eigenvalue weighted by Gasteiger charge is -2.11. The molecule has 1 N–H and O–H groups in total. The highest BCUT2D eigenvalue weighted by atomic mass is 19.2. The van der Waals surface area contributed by atoms with Crippen LogP contribution in [0.15, 0.2) is 18.2 Å². The summed E-state index contributed by atoms with van der Waals surface area (Å²) in [6, 6.07) is 4.14. The predicted molar refractivity (Wildman–Crippen MR) is 74.6 cm³/mol. The van der Waals surface area contributed by atoms with Crippen LogP contribution < -0.4 is 5.32 Å². The number of rotatable bonds is 4. The van der Waals surface area contributed by atoms with Gasteiger partial charge in [-0.3, -0.25) is 4.68 Å². The van der Waals surface area contributed by atoms with Gasteiger partial charge in [-0.05, 0) is 45.5 Å². The van der Waals surface area contributed by atoms with Crippen LogP contribution in [0.25, 0.3) is 0 Å². The Balaban J connectivity index is 2.32. The Labute approximate surface area is 117 Å². The number of aromatic nitrogens is 2. The molecule has 3 nitrogen and oxygen atoms in total. The van der Waals surface area contributed by atoms with Crippen molar-refractivity contribution in [1.82, 2.24) is 15.1 Å². The number of nitrogens with one attached hydrogen (secondary N) is 1. The van der Waals surface area contributed by atoms with Gasteiger partial charge in [-0.2, -0.15) is 5.10 Å². The van der Waals surface area contributed by atoms with E-state index in [1.54, 1.807) is 6.07 Å². The van der Waals surface area contributed by atoms with Gasteiger partial charge in [0, 0.05) is 17.3 Å². The maximum Gasteiger partial charge on any atom is 0.159 e. The van der Waals surface area contributed by atoms with Gasteiger partial charge in [0.15, 0.2) is 11.6 Å². The van der Waals surface area contributed by atoms with E-state index in [0.29, 0.717) is 12.1 Å². The lowest BCUT2D eigenvalue weighted by atomic mass is 10.1. The Kier molecular flexibility index (Phi) is 4.18. The van der Waals surface area contributed by atoms with Gasteiger partial charge < -0.3 is 5.32 Å². The van der Waals surface area contributed by atoms with Crippen LogP contribution in [-0.2, 0) is 6.54 Å². The molecule has 1 unspecified atom stereocenters. The summed E-state index contributed by atoms with van der Waals surface area (Å²) in [4.78, 5) is 0. The molecule has 1 aromatic heterocycles. The number of nitrogens with zero attached hydrogens (tertiary/aromatic N) is 2. The molecular weight excluding hydrogens is 260 g/mol. The summed E-state index contributed by atoms with van der Waals surface area (Å²) in [6.45, 7) is 6.44. The van der Waals surface area contributed by atoms with E-state index in [9.17, 15) is 8.78 Å². The molecule has 0 amide bonds. The molecule has 2 rings (SSSR count). The smallest absolute Gasteiger partial charge is 0.159 e. The van der Waals surface area contributed by atoms with Crippen LogP contribution in [0.3, 0.4) is 0 Å². The van der Waals surface area contributed by atoms with Gasteiger partial charge in [-0.15, -0.1) is 0 Å². The minimum absolute atomic E-state index is 0.203. The Morgan fingerprint density at radius 1 is 1.25 bits per heavy atom. The van der Waals surface area contributed by atoms with Crippen molar-refractivity contribution >= 4 is 0 Å². The van der Waals surface area contributed by atoms with Gasteiger partial charge >= 0.3 is 0 Å². The van der Waals surface area contributed by atoms with Gasteiger partial charge in [0.25, 0.3) is 0 Å². The van der Waals surface area contributed by atoms with Crippen LogP contribution in [0.2, 0.25) is 0 Å². The molecule has 0 bridgehead atoms. The molecule has 0 fully saturated rings. The van der Waals surface area contributed by atoms with E-state index in [4.69, 9.17) is 0 Å². The largest absolute Gasteiger partial charge is 0.313 e. The molecular formula is C15H19F2N3. The average Bonchev–Trinajstić information content (AvgIpc) is 2.68. The molecule has 2 aromatic rings. The highest BCUT2D eigenvalue weighted by Crippen LogP contribution is 2.22. The van der Waals surface area contributed by atoms with Crippen molar-refractivity contribution in [2.24, 2.45) is 0 Å². The number of benzene rings is 1. The van der Waals surface area contributed by atoms with Crippen molar-refractivity contribution in [3.8, 4) is 0 Å². The molecule has 5 heteroatoms. The standard InChI is InChI=1S/C15H19F2N3/c1-9(18-4)15-10(2)19-20(11(15)3)8-12-5-6-13(16)14(17)7-12/h5-7,9,18H,8H2,1-4H3. The number of hydrogen-bond acceptors (Lipinski definition) is 2. The summed E-state index contributed by atoms with van der Waals surface area (Å²) >= 11 is 0. The van der Waals surface area contributed by atoms with Gasteiger partial charge in [0.05, 0.1) is 12.2 Å². The summed E-state index contributed by atoms with van der Waals surface area (Å²) in [5, 5.41) is 7.68. The van der Waals surface area contributed by atoms with Crippen molar-refractivity contribution in [1.29, 1.82) is 0 Å². The second-order valence-corrected chi connectivity index (χ2v) is 5.00. The van der Waals surface area contributed by atoms with E-state index in [-0.39, 0.29) is 6.04 Å². The van der Waals surface area contributed by atoms with Crippen LogP contribution in [0.1, 0.15) is 35.5 Å². The zero-order valence-corrected chi connectivity index (χ0v) is 12.2. The Hall–Kier alpha value is -1.75. The van der Waals surface area contributed by atoms with Crippen molar-refractivity contribution in [3.05, 3.63) is 52.3 Å². The SMILES string of the molecule is CNC(C)c1c(C)nn(Cc2ccc(F)c(F)c2)c1C. The van der Waals surface area contributed by atoms with E-state index < -0.39 is 11.6 Å². The Morgan fingerprint density at radius 2 is 1.95 bits per heavy atom. The maximum absolute atomic E-state index is 13.2. The fraction of sp³-hybridized carbons (Fsp3) is 0.400. The van der Waals surface area contributed by atoms with E-state index >= 15 is 0 Å². The first kappa shape index (κ1) is 14.7. The predicted octanol–water partition coefficient (Wildman–Crippen LogP) is 3.11. The fourth-order valence-electron chi connectivity index (χ4n) is 2.45. The van der Waals surface area contributed by atoms with E-state index in [1.807, 2.05) is 25.6 Å². The minimum Gasteiger partial charge on any atom is -0.313 e. The summed E-state index contributed by atoms with van der Waals surface area (Å²) in [6.07, 6.45) is 0. The molecule has 0 radical (unpaired) electrons. The van der Waals surface area contributed by atoms with Crippen molar-refractivity contribution in [2.45, 2.75) is 33.4 Å². The molecule has 20 heavy (non-hydrogen) atoms. The average molecular weight is 279 g/mol. The third-order valence-corrected chi connectivity index (χ3v) is 3.62. The molecule has 0 aliphatic carbocycles. The van der Waals surface area contributed by atoms with Crippen molar-refractivity contribution in [2.75, 3.05) is 7.05 Å². The third-order valence-electron chi connectivity index (χ3n) is 3.62. The maximum atomic E-state index is 13.2. The van der Waals surface area contributed by atoms with Crippen LogP contribution in [-0.4, -0.2) is 16.8 Å². The molecule has 0 spiro atoms. The summed E-state index contributed by atoms with van der Waals surface area (Å²) < 4.78 is 28.0. The molecule has 0 saturated heterocycles. The Bertz CT molecular complexity index is 620. The van der Waals surface area contributed by atoms with Crippen LogP contribution in [0.5, 0.6) is 0 Å². The Morgan fingerprint density at radius 3 is 2.55 bits per heavy atom. The summed E-state index contributed by atoms with van der Waals surface area (Å²) in [5.74, 6) is -1.65. The lowest BCUT2D eigenvalue weighted by molar-refractivity contribution is 0.505. The third kappa shape index (κ3) is 2.72. The highest BCUT2D eigenvalue weighted by Gasteiger charge is 2.16. The monoisotopic (exact) mass is 279 g/mol. The quantitative estimate of drug-likeness (QED) is 0.932. The van der Waals surface area contributed by atoms with E-state index in [2.05, 4.69) is 17.3 Å². The molecule has 1 heterocycles. The highest BCUT2D eigenvalue weighted by molar-refractivity contribution is 5.29. The number of aryl methyl sites for hydroxylation is 1. The molecule has 0 saturated carbocycles. The van der Waals surface area contributed by atoms with Crippen LogP contribution in [0, 0.1) is 25.5 Å². The first-order valence-electron chi connectivity index (χ1n) is 6.59. The first-order chi connectivity index (χ1) is 9.43. The molecule has 0 aliphatic heterocycles.